The summed E-state index contributed by atoms with van der Waals surface area (Å²) < 4.78 is 6.34. The van der Waals surface area contributed by atoms with Crippen LogP contribution in [0.2, 0.25) is 0 Å². The van der Waals surface area contributed by atoms with Gasteiger partial charge in [-0.3, -0.25) is 9.59 Å². The minimum absolute atomic E-state index is 0.0702. The fourth-order valence-electron chi connectivity index (χ4n) is 2.07. The molecule has 1 aromatic rings. The van der Waals surface area contributed by atoms with Gasteiger partial charge >= 0.3 is 0 Å². The molecular formula is C14H17BrN2O3. The Hall–Kier alpha value is -1.56. The first-order valence-electron chi connectivity index (χ1n) is 6.45. The lowest BCUT2D eigenvalue weighted by atomic mass is 10.2. The molecule has 0 spiro atoms. The first kappa shape index (κ1) is 14.8. The van der Waals surface area contributed by atoms with Crippen LogP contribution in [-0.2, 0) is 9.59 Å². The summed E-state index contributed by atoms with van der Waals surface area (Å²) in [6.45, 7) is 4.63. The van der Waals surface area contributed by atoms with Gasteiger partial charge in [0.1, 0.15) is 11.8 Å². The van der Waals surface area contributed by atoms with Crippen molar-refractivity contribution in [1.82, 2.24) is 10.2 Å². The van der Waals surface area contributed by atoms with Gasteiger partial charge in [0.2, 0.25) is 5.91 Å². The summed E-state index contributed by atoms with van der Waals surface area (Å²) in [5.41, 5.74) is 1.11. The summed E-state index contributed by atoms with van der Waals surface area (Å²) in [5.74, 6) is 0.319. The molecule has 1 fully saturated rings. The van der Waals surface area contributed by atoms with Crippen LogP contribution in [0.1, 0.15) is 12.5 Å². The zero-order chi connectivity index (χ0) is 14.7. The Kier molecular flexibility index (Phi) is 4.65. The van der Waals surface area contributed by atoms with Crippen molar-refractivity contribution in [3.8, 4) is 5.75 Å². The maximum atomic E-state index is 12.1. The molecule has 0 radical (unpaired) electrons. The van der Waals surface area contributed by atoms with Crippen LogP contribution in [-0.4, -0.2) is 42.5 Å². The first-order chi connectivity index (χ1) is 9.49. The van der Waals surface area contributed by atoms with E-state index in [2.05, 4.69) is 21.2 Å². The standard InChI is InChI=1S/C14H17BrN2O3/c1-9-3-4-12(11(15)7-9)20-8-13(18)17-6-5-16-14(19)10(17)2/h3-4,7,10H,5-6,8H2,1-2H3,(H,16,19). The number of halogens is 1. The highest BCUT2D eigenvalue weighted by Gasteiger charge is 2.29. The van der Waals surface area contributed by atoms with E-state index in [4.69, 9.17) is 4.74 Å². The maximum Gasteiger partial charge on any atom is 0.261 e. The van der Waals surface area contributed by atoms with Crippen molar-refractivity contribution in [1.29, 1.82) is 0 Å². The quantitative estimate of drug-likeness (QED) is 0.906. The molecular weight excluding hydrogens is 324 g/mol. The molecule has 0 saturated carbocycles. The van der Waals surface area contributed by atoms with Crippen LogP contribution in [0.4, 0.5) is 0 Å². The van der Waals surface area contributed by atoms with Crippen LogP contribution in [0.15, 0.2) is 22.7 Å². The molecule has 2 amide bonds. The van der Waals surface area contributed by atoms with E-state index in [1.807, 2.05) is 25.1 Å². The predicted octanol–water partition coefficient (Wildman–Crippen LogP) is 1.48. The minimum Gasteiger partial charge on any atom is -0.483 e. The van der Waals surface area contributed by atoms with Gasteiger partial charge in [-0.2, -0.15) is 0 Å². The Morgan fingerprint density at radius 3 is 3.00 bits per heavy atom. The Balaban J connectivity index is 1.96. The SMILES string of the molecule is Cc1ccc(OCC(=O)N2CCNC(=O)C2C)c(Br)c1. The molecule has 6 heteroatoms. The largest absolute Gasteiger partial charge is 0.483 e. The number of ether oxygens (including phenoxy) is 1. The maximum absolute atomic E-state index is 12.1. The highest BCUT2D eigenvalue weighted by atomic mass is 79.9. The number of rotatable bonds is 3. The Labute approximate surface area is 126 Å². The molecule has 1 heterocycles. The van der Waals surface area contributed by atoms with E-state index in [1.165, 1.54) is 0 Å². The fourth-order valence-corrected chi connectivity index (χ4v) is 2.68. The Bertz CT molecular complexity index is 533. The van der Waals surface area contributed by atoms with Crippen molar-refractivity contribution in [3.63, 3.8) is 0 Å². The third kappa shape index (κ3) is 3.30. The second-order valence-electron chi connectivity index (χ2n) is 4.78. The van der Waals surface area contributed by atoms with Crippen molar-refractivity contribution in [3.05, 3.63) is 28.2 Å². The third-order valence-electron chi connectivity index (χ3n) is 3.26. The zero-order valence-corrected chi connectivity index (χ0v) is 13.1. The minimum atomic E-state index is -0.443. The summed E-state index contributed by atoms with van der Waals surface area (Å²) >= 11 is 3.40. The van der Waals surface area contributed by atoms with Crippen LogP contribution in [0.5, 0.6) is 5.75 Å². The number of amides is 2. The number of nitrogens with one attached hydrogen (secondary N) is 1. The number of piperazine rings is 1. The summed E-state index contributed by atoms with van der Waals surface area (Å²) in [6.07, 6.45) is 0. The number of nitrogens with zero attached hydrogens (tertiary/aromatic N) is 1. The number of benzene rings is 1. The lowest BCUT2D eigenvalue weighted by Crippen LogP contribution is -2.56. The van der Waals surface area contributed by atoms with Crippen LogP contribution >= 0.6 is 15.9 Å². The van der Waals surface area contributed by atoms with E-state index in [9.17, 15) is 9.59 Å². The van der Waals surface area contributed by atoms with Crippen LogP contribution in [0.3, 0.4) is 0 Å². The second kappa shape index (κ2) is 6.26. The van der Waals surface area contributed by atoms with Gasteiger partial charge < -0.3 is 15.0 Å². The van der Waals surface area contributed by atoms with E-state index < -0.39 is 6.04 Å². The zero-order valence-electron chi connectivity index (χ0n) is 11.5. The number of carbonyl (C=O) groups excluding carboxylic acids is 2. The predicted molar refractivity (Wildman–Crippen MR) is 78.6 cm³/mol. The van der Waals surface area contributed by atoms with Gasteiger partial charge in [0.25, 0.3) is 5.91 Å². The number of hydrogen-bond acceptors (Lipinski definition) is 3. The number of aryl methyl sites for hydroxylation is 1. The van der Waals surface area contributed by atoms with E-state index >= 15 is 0 Å². The highest BCUT2D eigenvalue weighted by Crippen LogP contribution is 2.25. The van der Waals surface area contributed by atoms with Crippen LogP contribution in [0, 0.1) is 6.92 Å². The average molecular weight is 341 g/mol. The van der Waals surface area contributed by atoms with Gasteiger partial charge in [0, 0.05) is 13.1 Å². The second-order valence-corrected chi connectivity index (χ2v) is 5.63. The van der Waals surface area contributed by atoms with Gasteiger partial charge in [-0.05, 0) is 47.5 Å². The van der Waals surface area contributed by atoms with Gasteiger partial charge in [0.05, 0.1) is 4.47 Å². The molecule has 1 unspecified atom stereocenters. The van der Waals surface area contributed by atoms with Crippen LogP contribution < -0.4 is 10.1 Å². The van der Waals surface area contributed by atoms with Crippen LogP contribution in [0.25, 0.3) is 0 Å². The average Bonchev–Trinajstić information content (AvgIpc) is 2.40. The fraction of sp³-hybridized carbons (Fsp3) is 0.429. The molecule has 1 aliphatic rings. The first-order valence-corrected chi connectivity index (χ1v) is 7.24. The lowest BCUT2D eigenvalue weighted by molar-refractivity contribution is -0.143. The van der Waals surface area contributed by atoms with Crippen molar-refractivity contribution >= 4 is 27.7 Å². The smallest absolute Gasteiger partial charge is 0.261 e. The molecule has 0 bridgehead atoms. The van der Waals surface area contributed by atoms with Gasteiger partial charge in [-0.25, -0.2) is 0 Å². The summed E-state index contributed by atoms with van der Waals surface area (Å²) in [5, 5.41) is 2.72. The number of hydrogen-bond donors (Lipinski definition) is 1. The molecule has 108 valence electrons. The van der Waals surface area contributed by atoms with E-state index in [-0.39, 0.29) is 18.4 Å². The lowest BCUT2D eigenvalue weighted by Gasteiger charge is -2.32. The van der Waals surface area contributed by atoms with Crippen molar-refractivity contribution in [2.75, 3.05) is 19.7 Å². The molecule has 1 N–H and O–H groups in total. The molecule has 1 atom stereocenters. The molecule has 5 nitrogen and oxygen atoms in total. The van der Waals surface area contributed by atoms with E-state index in [1.54, 1.807) is 11.8 Å². The topological polar surface area (TPSA) is 58.6 Å². The summed E-state index contributed by atoms with van der Waals surface area (Å²) in [7, 11) is 0. The molecule has 1 saturated heterocycles. The van der Waals surface area contributed by atoms with Crippen molar-refractivity contribution in [2.24, 2.45) is 0 Å². The normalized spacial score (nSPS) is 18.6. The Morgan fingerprint density at radius 2 is 2.30 bits per heavy atom. The van der Waals surface area contributed by atoms with Gasteiger partial charge in [-0.1, -0.05) is 6.07 Å². The third-order valence-corrected chi connectivity index (χ3v) is 3.88. The highest BCUT2D eigenvalue weighted by molar-refractivity contribution is 9.10. The Morgan fingerprint density at radius 1 is 1.55 bits per heavy atom. The molecule has 1 aliphatic heterocycles. The molecule has 0 aliphatic carbocycles. The summed E-state index contributed by atoms with van der Waals surface area (Å²) in [6, 6.07) is 5.22. The number of carbonyl (C=O) groups is 2. The molecule has 20 heavy (non-hydrogen) atoms. The van der Waals surface area contributed by atoms with Gasteiger partial charge in [0.15, 0.2) is 6.61 Å². The van der Waals surface area contributed by atoms with Crippen molar-refractivity contribution in [2.45, 2.75) is 19.9 Å². The molecule has 0 aromatic heterocycles. The molecule has 2 rings (SSSR count). The summed E-state index contributed by atoms with van der Waals surface area (Å²) in [4.78, 5) is 25.2. The molecule has 1 aromatic carbocycles. The van der Waals surface area contributed by atoms with E-state index in [0.717, 1.165) is 10.0 Å². The van der Waals surface area contributed by atoms with Crippen molar-refractivity contribution < 1.29 is 14.3 Å². The van der Waals surface area contributed by atoms with E-state index in [0.29, 0.717) is 18.8 Å². The van der Waals surface area contributed by atoms with Gasteiger partial charge in [-0.15, -0.1) is 0 Å². The monoisotopic (exact) mass is 340 g/mol.